The Bertz CT molecular complexity index is 1070. The molecule has 0 heterocycles. The molecule has 1 aromatic rings. The van der Waals surface area contributed by atoms with Crippen LogP contribution in [0.5, 0.6) is 5.75 Å². The van der Waals surface area contributed by atoms with Crippen LogP contribution in [0.25, 0.3) is 0 Å². The Morgan fingerprint density at radius 1 is 1.14 bits per heavy atom. The van der Waals surface area contributed by atoms with Gasteiger partial charge in [0.15, 0.2) is 0 Å². The van der Waals surface area contributed by atoms with E-state index in [4.69, 9.17) is 14.2 Å². The van der Waals surface area contributed by atoms with Gasteiger partial charge >= 0.3 is 11.9 Å². The van der Waals surface area contributed by atoms with Gasteiger partial charge in [0.1, 0.15) is 24.0 Å². The van der Waals surface area contributed by atoms with Gasteiger partial charge in [0, 0.05) is 17.8 Å². The number of benzene rings is 1. The van der Waals surface area contributed by atoms with Crippen molar-refractivity contribution in [3.05, 3.63) is 42.0 Å². The van der Waals surface area contributed by atoms with E-state index in [-0.39, 0.29) is 29.3 Å². The van der Waals surface area contributed by atoms with Crippen molar-refractivity contribution >= 4 is 11.9 Å². The molecule has 0 saturated heterocycles. The van der Waals surface area contributed by atoms with Crippen LogP contribution in [-0.2, 0) is 14.3 Å². The third kappa shape index (κ3) is 3.70. The Labute approximate surface area is 214 Å². The van der Waals surface area contributed by atoms with E-state index in [2.05, 4.69) is 20.4 Å². The Morgan fingerprint density at radius 3 is 2.61 bits per heavy atom. The molecule has 1 aromatic carbocycles. The molecule has 8 atom stereocenters. The molecular formula is C30H40O6. The van der Waals surface area contributed by atoms with Gasteiger partial charge in [0.2, 0.25) is 0 Å². The highest BCUT2D eigenvalue weighted by Crippen LogP contribution is 2.72. The fraction of sp³-hybridized carbons (Fsp3) is 0.667. The van der Waals surface area contributed by atoms with E-state index in [9.17, 15) is 14.7 Å². The molecule has 196 valence electrons. The first kappa shape index (κ1) is 25.3. The molecule has 4 saturated carbocycles. The molecule has 4 aliphatic carbocycles. The van der Waals surface area contributed by atoms with Crippen LogP contribution in [0, 0.1) is 34.0 Å². The number of rotatable bonds is 5. The number of carbonyl (C=O) groups is 2. The maximum atomic E-state index is 13.3. The number of aliphatic hydroxyl groups excluding tert-OH is 1. The first-order chi connectivity index (χ1) is 17.0. The van der Waals surface area contributed by atoms with E-state index in [1.165, 1.54) is 19.6 Å². The summed E-state index contributed by atoms with van der Waals surface area (Å²) in [7, 11) is 1.54. The number of ether oxygens (including phenoxy) is 3. The summed E-state index contributed by atoms with van der Waals surface area (Å²) in [6, 6.07) is 7.06. The second kappa shape index (κ2) is 8.90. The number of allylic oxidation sites excluding steroid dienone is 1. The number of hydrogen-bond donors (Lipinski definition) is 1. The summed E-state index contributed by atoms with van der Waals surface area (Å²) < 4.78 is 17.2. The van der Waals surface area contributed by atoms with Crippen LogP contribution in [0.2, 0.25) is 0 Å². The van der Waals surface area contributed by atoms with Crippen LogP contribution >= 0.6 is 0 Å². The Hall–Kier alpha value is -2.34. The Kier molecular flexibility index (Phi) is 6.26. The number of methoxy groups -OCH3 is 1. The molecule has 0 radical (unpaired) electrons. The smallest absolute Gasteiger partial charge is 0.342 e. The largest absolute Gasteiger partial charge is 0.496 e. The van der Waals surface area contributed by atoms with Crippen molar-refractivity contribution < 1.29 is 28.9 Å². The molecule has 6 heteroatoms. The van der Waals surface area contributed by atoms with E-state index in [1.54, 1.807) is 18.2 Å². The van der Waals surface area contributed by atoms with Gasteiger partial charge in [-0.15, -0.1) is 0 Å². The maximum absolute atomic E-state index is 13.3. The van der Waals surface area contributed by atoms with Gasteiger partial charge in [-0.3, -0.25) is 4.79 Å². The average molecular weight is 497 g/mol. The highest BCUT2D eigenvalue weighted by molar-refractivity contribution is 5.92. The lowest BCUT2D eigenvalue weighted by Gasteiger charge is -2.66. The molecule has 6 nitrogen and oxygen atoms in total. The monoisotopic (exact) mass is 496 g/mol. The SMILES string of the molecule is C=C1C[C@]23C[C@@H]1CC[C@H]2[C@]1(C)CC[C@@H](OC(=O)c2ccccc2OC)[C@](C)(COC(C)=O)[C@H]1C[C@@H]3O. The minimum atomic E-state index is -0.620. The van der Waals surface area contributed by atoms with Gasteiger partial charge in [-0.25, -0.2) is 4.79 Å². The lowest BCUT2D eigenvalue weighted by Crippen LogP contribution is -2.65. The number of para-hydroxylation sites is 1. The molecule has 0 amide bonds. The van der Waals surface area contributed by atoms with E-state index in [0.29, 0.717) is 36.0 Å². The second-order valence-corrected chi connectivity index (χ2v) is 12.3. The summed E-state index contributed by atoms with van der Waals surface area (Å²) in [6.07, 6.45) is 5.51. The summed E-state index contributed by atoms with van der Waals surface area (Å²) in [6.45, 7) is 10.4. The van der Waals surface area contributed by atoms with Gasteiger partial charge in [0.05, 0.1) is 13.2 Å². The zero-order valence-electron chi connectivity index (χ0n) is 22.0. The lowest BCUT2D eigenvalue weighted by molar-refractivity contribution is -0.232. The number of fused-ring (bicyclic) bond motifs is 3. The van der Waals surface area contributed by atoms with Crippen molar-refractivity contribution in [2.45, 2.75) is 77.9 Å². The predicted molar refractivity (Wildman–Crippen MR) is 135 cm³/mol. The van der Waals surface area contributed by atoms with E-state index >= 15 is 0 Å². The minimum Gasteiger partial charge on any atom is -0.496 e. The minimum absolute atomic E-state index is 0.0446. The normalized spacial score (nSPS) is 41.1. The number of esters is 2. The van der Waals surface area contributed by atoms with Crippen molar-refractivity contribution in [1.82, 2.24) is 0 Å². The van der Waals surface area contributed by atoms with Gasteiger partial charge in [-0.2, -0.15) is 0 Å². The lowest BCUT2D eigenvalue weighted by atomic mass is 9.40. The molecule has 4 aliphatic rings. The number of carbonyl (C=O) groups excluding carboxylic acids is 2. The fourth-order valence-electron chi connectivity index (χ4n) is 8.93. The topological polar surface area (TPSA) is 82.1 Å². The van der Waals surface area contributed by atoms with E-state index in [1.807, 2.05) is 6.07 Å². The quantitative estimate of drug-likeness (QED) is 0.438. The van der Waals surface area contributed by atoms with Gasteiger partial charge in [-0.1, -0.05) is 38.1 Å². The van der Waals surface area contributed by atoms with Crippen LogP contribution in [0.4, 0.5) is 0 Å². The Balaban J connectivity index is 1.49. The standard InChI is InChI=1S/C30H40O6/c1-18-15-30-16-20(18)10-11-23(30)28(3)13-12-26(36-27(33)21-8-6-7-9-22(21)34-5)29(4,17-35-19(2)31)24(28)14-25(30)32/h6-9,20,23-26,32H,1,10-17H2,2-5H3/t20-,23-,24-,25-,26+,28-,29+,30-/m0/s1. The maximum Gasteiger partial charge on any atom is 0.342 e. The highest BCUT2D eigenvalue weighted by atomic mass is 16.6. The van der Waals surface area contributed by atoms with Crippen LogP contribution in [0.15, 0.2) is 36.4 Å². The first-order valence-corrected chi connectivity index (χ1v) is 13.4. The molecule has 4 fully saturated rings. The molecule has 5 rings (SSSR count). The number of aliphatic hydroxyl groups is 1. The molecule has 0 aromatic heterocycles. The van der Waals surface area contributed by atoms with Crippen molar-refractivity contribution in [2.24, 2.45) is 34.0 Å². The van der Waals surface area contributed by atoms with E-state index < -0.39 is 23.6 Å². The van der Waals surface area contributed by atoms with Crippen molar-refractivity contribution in [3.63, 3.8) is 0 Å². The highest BCUT2D eigenvalue weighted by Gasteiger charge is 2.68. The molecule has 1 spiro atoms. The zero-order valence-corrected chi connectivity index (χ0v) is 22.0. The van der Waals surface area contributed by atoms with Crippen molar-refractivity contribution in [3.8, 4) is 5.75 Å². The summed E-state index contributed by atoms with van der Waals surface area (Å²) in [5.74, 6) is 0.635. The summed E-state index contributed by atoms with van der Waals surface area (Å²) in [4.78, 5) is 25.2. The summed E-state index contributed by atoms with van der Waals surface area (Å²) >= 11 is 0. The number of hydrogen-bond acceptors (Lipinski definition) is 6. The molecule has 2 bridgehead atoms. The molecule has 0 unspecified atom stereocenters. The molecule has 0 aliphatic heterocycles. The van der Waals surface area contributed by atoms with Crippen molar-refractivity contribution in [2.75, 3.05) is 13.7 Å². The van der Waals surface area contributed by atoms with Gasteiger partial charge in [0.25, 0.3) is 0 Å². The van der Waals surface area contributed by atoms with Crippen molar-refractivity contribution in [1.29, 1.82) is 0 Å². The molecular weight excluding hydrogens is 456 g/mol. The van der Waals surface area contributed by atoms with Crippen LogP contribution in [0.1, 0.15) is 76.1 Å². The third-order valence-electron chi connectivity index (χ3n) is 10.6. The molecule has 36 heavy (non-hydrogen) atoms. The second-order valence-electron chi connectivity index (χ2n) is 12.3. The van der Waals surface area contributed by atoms with Crippen LogP contribution in [0.3, 0.4) is 0 Å². The third-order valence-corrected chi connectivity index (χ3v) is 10.6. The zero-order chi connectivity index (χ0) is 25.9. The van der Waals surface area contributed by atoms with Gasteiger partial charge in [-0.05, 0) is 80.2 Å². The van der Waals surface area contributed by atoms with Gasteiger partial charge < -0.3 is 19.3 Å². The van der Waals surface area contributed by atoms with E-state index in [0.717, 1.165) is 32.1 Å². The predicted octanol–water partition coefficient (Wildman–Crippen LogP) is 5.33. The fourth-order valence-corrected chi connectivity index (χ4v) is 8.93. The first-order valence-electron chi connectivity index (χ1n) is 13.4. The summed E-state index contributed by atoms with van der Waals surface area (Å²) in [5.41, 5.74) is 0.922. The van der Waals surface area contributed by atoms with Crippen LogP contribution < -0.4 is 4.74 Å². The summed E-state index contributed by atoms with van der Waals surface area (Å²) in [5, 5.41) is 11.7. The Morgan fingerprint density at radius 2 is 1.89 bits per heavy atom. The average Bonchev–Trinajstić information content (AvgIpc) is 3.11. The van der Waals surface area contributed by atoms with Crippen LogP contribution in [-0.4, -0.2) is 43.0 Å². The molecule has 1 N–H and O–H groups in total.